The third-order valence-corrected chi connectivity index (χ3v) is 2.86. The predicted molar refractivity (Wildman–Crippen MR) is 79.1 cm³/mol. The van der Waals surface area contributed by atoms with Gasteiger partial charge in [-0.05, 0) is 19.2 Å². The van der Waals surface area contributed by atoms with E-state index in [0.717, 1.165) is 4.90 Å². The summed E-state index contributed by atoms with van der Waals surface area (Å²) in [5.74, 6) is -0.396. The normalized spacial score (nSPS) is 11.5. The minimum atomic E-state index is -4.27. The minimum Gasteiger partial charge on any atom is -0.389 e. The van der Waals surface area contributed by atoms with Gasteiger partial charge < -0.3 is 11.1 Å². The van der Waals surface area contributed by atoms with E-state index in [-0.39, 0.29) is 18.0 Å². The molecular formula is C13H16F3N3OS. The van der Waals surface area contributed by atoms with Gasteiger partial charge in [-0.25, -0.2) is 0 Å². The SMILES string of the molecule is CN(CCC(=O)Nc1ccccc1C(N)=S)CC(F)(F)F. The standard InChI is InChI=1S/C13H16F3N3OS/c1-19(8-13(14,15)16)7-6-11(20)18-10-5-3-2-4-9(10)12(17)21/h2-5H,6-8H2,1H3,(H2,17,21)(H,18,20). The second kappa shape index (κ2) is 7.37. The number of amides is 1. The van der Waals surface area contributed by atoms with Crippen LogP contribution in [0.2, 0.25) is 0 Å². The molecule has 0 bridgehead atoms. The van der Waals surface area contributed by atoms with E-state index in [2.05, 4.69) is 5.32 Å². The molecule has 4 nitrogen and oxygen atoms in total. The Kier molecular flexibility index (Phi) is 6.10. The maximum absolute atomic E-state index is 12.1. The van der Waals surface area contributed by atoms with E-state index in [9.17, 15) is 18.0 Å². The third kappa shape index (κ3) is 6.54. The fourth-order valence-electron chi connectivity index (χ4n) is 1.70. The average Bonchev–Trinajstić information content (AvgIpc) is 2.35. The van der Waals surface area contributed by atoms with Gasteiger partial charge in [0.15, 0.2) is 0 Å². The molecule has 1 aromatic rings. The number of nitrogens with two attached hydrogens (primary N) is 1. The number of hydrogen-bond donors (Lipinski definition) is 2. The number of halogens is 3. The highest BCUT2D eigenvalue weighted by molar-refractivity contribution is 7.80. The molecule has 0 heterocycles. The summed E-state index contributed by atoms with van der Waals surface area (Å²) < 4.78 is 36.4. The lowest BCUT2D eigenvalue weighted by molar-refractivity contribution is -0.144. The molecule has 3 N–H and O–H groups in total. The molecule has 0 unspecified atom stereocenters. The molecule has 0 spiro atoms. The lowest BCUT2D eigenvalue weighted by Gasteiger charge is -2.18. The zero-order valence-electron chi connectivity index (χ0n) is 11.4. The molecule has 0 fully saturated rings. The first-order valence-corrected chi connectivity index (χ1v) is 6.54. The van der Waals surface area contributed by atoms with Crippen LogP contribution in [0.3, 0.4) is 0 Å². The van der Waals surface area contributed by atoms with Crippen LogP contribution in [-0.2, 0) is 4.79 Å². The van der Waals surface area contributed by atoms with Gasteiger partial charge in [-0.3, -0.25) is 9.69 Å². The largest absolute Gasteiger partial charge is 0.401 e. The molecule has 0 radical (unpaired) electrons. The predicted octanol–water partition coefficient (Wildman–Crippen LogP) is 2.14. The summed E-state index contributed by atoms with van der Waals surface area (Å²) in [5, 5.41) is 2.60. The average molecular weight is 319 g/mol. The van der Waals surface area contributed by atoms with Gasteiger partial charge in [0.1, 0.15) is 4.99 Å². The molecule has 0 aliphatic heterocycles. The van der Waals surface area contributed by atoms with Gasteiger partial charge in [0.05, 0.1) is 12.2 Å². The number of carbonyl (C=O) groups excluding carboxylic acids is 1. The van der Waals surface area contributed by atoms with E-state index in [1.807, 2.05) is 0 Å². The smallest absolute Gasteiger partial charge is 0.389 e. The van der Waals surface area contributed by atoms with E-state index in [1.165, 1.54) is 7.05 Å². The van der Waals surface area contributed by atoms with Crippen molar-refractivity contribution in [2.45, 2.75) is 12.6 Å². The van der Waals surface area contributed by atoms with Gasteiger partial charge >= 0.3 is 6.18 Å². The molecular weight excluding hydrogens is 303 g/mol. The number of hydrogen-bond acceptors (Lipinski definition) is 3. The van der Waals surface area contributed by atoms with Gasteiger partial charge in [-0.2, -0.15) is 13.2 Å². The monoisotopic (exact) mass is 319 g/mol. The molecule has 1 rings (SSSR count). The number of nitrogens with zero attached hydrogens (tertiary/aromatic N) is 1. The molecule has 1 aromatic carbocycles. The first-order valence-electron chi connectivity index (χ1n) is 6.13. The fraction of sp³-hybridized carbons (Fsp3) is 0.385. The summed E-state index contributed by atoms with van der Waals surface area (Å²) >= 11 is 4.86. The number of thiocarbonyl (C=S) groups is 1. The number of anilines is 1. The lowest BCUT2D eigenvalue weighted by atomic mass is 10.1. The van der Waals surface area contributed by atoms with Gasteiger partial charge in [-0.1, -0.05) is 24.4 Å². The molecule has 21 heavy (non-hydrogen) atoms. The van der Waals surface area contributed by atoms with Crippen LogP contribution in [0.5, 0.6) is 0 Å². The number of rotatable bonds is 6. The Morgan fingerprint density at radius 3 is 2.57 bits per heavy atom. The van der Waals surface area contributed by atoms with Crippen molar-refractivity contribution in [3.8, 4) is 0 Å². The van der Waals surface area contributed by atoms with Crippen LogP contribution in [0.1, 0.15) is 12.0 Å². The summed E-state index contributed by atoms with van der Waals surface area (Å²) in [6.07, 6.45) is -4.33. The van der Waals surface area contributed by atoms with Crippen molar-refractivity contribution in [1.82, 2.24) is 4.90 Å². The highest BCUT2D eigenvalue weighted by Gasteiger charge is 2.29. The van der Waals surface area contributed by atoms with Crippen LogP contribution < -0.4 is 11.1 Å². The first-order chi connectivity index (χ1) is 9.69. The summed E-state index contributed by atoms with van der Waals surface area (Å²) in [7, 11) is 1.31. The fourth-order valence-corrected chi connectivity index (χ4v) is 1.88. The summed E-state index contributed by atoms with van der Waals surface area (Å²) in [6, 6.07) is 6.72. The third-order valence-electron chi connectivity index (χ3n) is 2.64. The van der Waals surface area contributed by atoms with E-state index in [0.29, 0.717) is 11.3 Å². The summed E-state index contributed by atoms with van der Waals surface area (Å²) in [5.41, 5.74) is 6.50. The molecule has 0 atom stereocenters. The van der Waals surface area contributed by atoms with Crippen LogP contribution in [-0.4, -0.2) is 42.1 Å². The Hall–Kier alpha value is -1.67. The molecule has 0 aliphatic carbocycles. The molecule has 1 amide bonds. The Labute approximate surface area is 126 Å². The number of para-hydroxylation sites is 1. The van der Waals surface area contributed by atoms with E-state index >= 15 is 0 Å². The van der Waals surface area contributed by atoms with Crippen molar-refractivity contribution in [1.29, 1.82) is 0 Å². The zero-order chi connectivity index (χ0) is 16.0. The van der Waals surface area contributed by atoms with Gasteiger partial charge in [-0.15, -0.1) is 0 Å². The van der Waals surface area contributed by atoms with E-state index in [1.54, 1.807) is 24.3 Å². The maximum atomic E-state index is 12.1. The van der Waals surface area contributed by atoms with E-state index in [4.69, 9.17) is 18.0 Å². The second-order valence-electron chi connectivity index (χ2n) is 4.56. The van der Waals surface area contributed by atoms with Crippen LogP contribution in [0.15, 0.2) is 24.3 Å². The van der Waals surface area contributed by atoms with E-state index < -0.39 is 18.6 Å². The Bertz CT molecular complexity index is 520. The number of alkyl halides is 3. The van der Waals surface area contributed by atoms with Crippen LogP contribution in [0, 0.1) is 0 Å². The number of benzene rings is 1. The first kappa shape index (κ1) is 17.4. The van der Waals surface area contributed by atoms with Crippen molar-refractivity contribution in [2.75, 3.05) is 25.5 Å². The topological polar surface area (TPSA) is 58.4 Å². The van der Waals surface area contributed by atoms with Gasteiger partial charge in [0.25, 0.3) is 0 Å². The second-order valence-corrected chi connectivity index (χ2v) is 5.00. The maximum Gasteiger partial charge on any atom is 0.401 e. The quantitative estimate of drug-likeness (QED) is 0.789. The lowest BCUT2D eigenvalue weighted by Crippen LogP contribution is -2.33. The molecule has 8 heteroatoms. The van der Waals surface area contributed by atoms with Gasteiger partial charge in [0, 0.05) is 18.5 Å². The summed E-state index contributed by atoms with van der Waals surface area (Å²) in [4.78, 5) is 12.9. The molecule has 116 valence electrons. The Balaban J connectivity index is 2.53. The van der Waals surface area contributed by atoms with Gasteiger partial charge in [0.2, 0.25) is 5.91 Å². The van der Waals surface area contributed by atoms with Crippen molar-refractivity contribution >= 4 is 28.8 Å². The highest BCUT2D eigenvalue weighted by Crippen LogP contribution is 2.17. The van der Waals surface area contributed by atoms with Crippen LogP contribution >= 0.6 is 12.2 Å². The molecule has 0 saturated carbocycles. The van der Waals surface area contributed by atoms with Crippen molar-refractivity contribution < 1.29 is 18.0 Å². The highest BCUT2D eigenvalue weighted by atomic mass is 32.1. The Morgan fingerprint density at radius 2 is 2.00 bits per heavy atom. The molecule has 0 aromatic heterocycles. The number of carbonyl (C=O) groups is 1. The number of nitrogens with one attached hydrogen (secondary N) is 1. The van der Waals surface area contributed by atoms with Crippen LogP contribution in [0.25, 0.3) is 0 Å². The van der Waals surface area contributed by atoms with Crippen molar-refractivity contribution in [3.05, 3.63) is 29.8 Å². The summed E-state index contributed by atoms with van der Waals surface area (Å²) in [6.45, 7) is -1.05. The van der Waals surface area contributed by atoms with Crippen molar-refractivity contribution in [2.24, 2.45) is 5.73 Å². The molecule has 0 saturated heterocycles. The molecule has 0 aliphatic rings. The van der Waals surface area contributed by atoms with Crippen molar-refractivity contribution in [3.63, 3.8) is 0 Å². The Morgan fingerprint density at radius 1 is 1.38 bits per heavy atom. The van der Waals surface area contributed by atoms with Crippen LogP contribution in [0.4, 0.5) is 18.9 Å². The minimum absolute atomic E-state index is 0.000577. The zero-order valence-corrected chi connectivity index (χ0v) is 12.2.